The summed E-state index contributed by atoms with van der Waals surface area (Å²) in [5, 5.41) is 0. The summed E-state index contributed by atoms with van der Waals surface area (Å²) in [4.78, 5) is 5.16. The molecule has 4 aliphatic rings. The molecule has 0 aliphatic carbocycles. The van der Waals surface area contributed by atoms with Crippen molar-refractivity contribution in [3.63, 3.8) is 0 Å². The Morgan fingerprint density at radius 2 is 0.917 bits per heavy atom. The molecule has 0 N–H and O–H groups in total. The molecule has 4 saturated heterocycles. The van der Waals surface area contributed by atoms with Crippen LogP contribution in [0.1, 0.15) is 90.5 Å². The van der Waals surface area contributed by atoms with Gasteiger partial charge in [-0.3, -0.25) is 9.80 Å². The molecular formula is C22H46N2. The maximum atomic E-state index is 2.71. The number of nitrogens with zero attached hydrogens (tertiary/aromatic N) is 2. The number of fused-ring (bicyclic) bond motifs is 1. The molecule has 144 valence electrons. The van der Waals surface area contributed by atoms with Crippen LogP contribution in [0.4, 0.5) is 0 Å². The van der Waals surface area contributed by atoms with Crippen molar-refractivity contribution < 1.29 is 0 Å². The quantitative estimate of drug-likeness (QED) is 0.562. The Labute approximate surface area is 153 Å². The van der Waals surface area contributed by atoms with Crippen LogP contribution in [-0.4, -0.2) is 44.5 Å². The first-order valence-corrected chi connectivity index (χ1v) is 9.50. The molecule has 0 amide bonds. The maximum absolute atomic E-state index is 2.71. The molecule has 1 unspecified atom stereocenters. The Bertz CT molecular complexity index is 438. The summed E-state index contributed by atoms with van der Waals surface area (Å²) in [6.45, 7) is 28.4. The predicted octanol–water partition coefficient (Wildman–Crippen LogP) is 5.66. The summed E-state index contributed by atoms with van der Waals surface area (Å²) in [7, 11) is 2.21. The molecule has 24 heavy (non-hydrogen) atoms. The van der Waals surface area contributed by atoms with E-state index in [0.717, 1.165) is 17.8 Å². The molecule has 0 aromatic rings. The molecule has 1 atom stereocenters. The predicted molar refractivity (Wildman–Crippen MR) is 109 cm³/mol. The summed E-state index contributed by atoms with van der Waals surface area (Å²) in [6.07, 6.45) is 0. The highest BCUT2D eigenvalue weighted by atomic mass is 15.4. The second kappa shape index (κ2) is 5.46. The highest BCUT2D eigenvalue weighted by molar-refractivity contribution is 5.27. The van der Waals surface area contributed by atoms with Crippen molar-refractivity contribution in [3.8, 4) is 0 Å². The van der Waals surface area contributed by atoms with E-state index in [0.29, 0.717) is 27.7 Å². The van der Waals surface area contributed by atoms with Gasteiger partial charge in [-0.15, -0.1) is 0 Å². The molecule has 2 bridgehead atoms. The summed E-state index contributed by atoms with van der Waals surface area (Å²) in [6, 6.07) is 0. The first-order valence-electron chi connectivity index (χ1n) is 9.50. The number of hydrogen-bond donors (Lipinski definition) is 0. The average Bonchev–Trinajstić information content (AvgIpc) is 2.61. The molecule has 0 aromatic carbocycles. The lowest BCUT2D eigenvalue weighted by Gasteiger charge is -2.65. The van der Waals surface area contributed by atoms with E-state index in [2.05, 4.69) is 99.9 Å². The highest BCUT2D eigenvalue weighted by Gasteiger charge is 2.73. The van der Waals surface area contributed by atoms with Gasteiger partial charge in [-0.25, -0.2) is 0 Å². The summed E-state index contributed by atoms with van der Waals surface area (Å²) < 4.78 is 0. The third kappa shape index (κ3) is 2.35. The van der Waals surface area contributed by atoms with Crippen LogP contribution in [0.25, 0.3) is 0 Å². The molecule has 2 nitrogen and oxygen atoms in total. The SMILES string of the molecule is C.CC1C(C)(C)N(C)C1(C)C.CC1C2C(C)(C)N(C1(C)C)C2(C)C. The van der Waals surface area contributed by atoms with E-state index < -0.39 is 0 Å². The minimum Gasteiger partial charge on any atom is -0.295 e. The zero-order chi connectivity index (χ0) is 18.4. The van der Waals surface area contributed by atoms with Gasteiger partial charge in [-0.2, -0.15) is 0 Å². The van der Waals surface area contributed by atoms with Crippen LogP contribution in [0, 0.1) is 17.8 Å². The van der Waals surface area contributed by atoms with Gasteiger partial charge in [0, 0.05) is 27.7 Å². The monoisotopic (exact) mass is 338 g/mol. The topological polar surface area (TPSA) is 6.48 Å². The van der Waals surface area contributed by atoms with Crippen molar-refractivity contribution in [3.05, 3.63) is 0 Å². The van der Waals surface area contributed by atoms with E-state index in [4.69, 9.17) is 0 Å². The van der Waals surface area contributed by atoms with E-state index in [1.807, 2.05) is 0 Å². The Kier molecular flexibility index (Phi) is 4.99. The fraction of sp³-hybridized carbons (Fsp3) is 1.00. The van der Waals surface area contributed by atoms with E-state index in [-0.39, 0.29) is 7.43 Å². The van der Waals surface area contributed by atoms with Crippen molar-refractivity contribution >= 4 is 0 Å². The number of likely N-dealkylation sites (tertiary alicyclic amines) is 1. The molecule has 0 radical (unpaired) electrons. The largest absolute Gasteiger partial charge is 0.295 e. The zero-order valence-corrected chi connectivity index (χ0v) is 18.1. The second-order valence-corrected chi connectivity index (χ2v) is 11.2. The van der Waals surface area contributed by atoms with Crippen LogP contribution in [0.5, 0.6) is 0 Å². The minimum absolute atomic E-state index is 0. The number of hydrogen-bond acceptors (Lipinski definition) is 2. The average molecular weight is 339 g/mol. The first kappa shape index (κ1) is 22.0. The summed E-state index contributed by atoms with van der Waals surface area (Å²) in [5.74, 6) is 2.47. The third-order valence-corrected chi connectivity index (χ3v) is 8.71. The molecule has 2 heteroatoms. The van der Waals surface area contributed by atoms with E-state index >= 15 is 0 Å². The highest BCUT2D eigenvalue weighted by Crippen LogP contribution is 2.66. The zero-order valence-electron chi connectivity index (χ0n) is 18.1. The molecule has 4 aliphatic heterocycles. The van der Waals surface area contributed by atoms with Gasteiger partial charge in [0.15, 0.2) is 0 Å². The van der Waals surface area contributed by atoms with E-state index in [1.54, 1.807) is 0 Å². The van der Waals surface area contributed by atoms with Gasteiger partial charge in [0.1, 0.15) is 0 Å². The molecule has 0 saturated carbocycles. The first-order chi connectivity index (χ1) is 9.95. The molecule has 4 fully saturated rings. The normalized spacial score (nSPS) is 39.6. The van der Waals surface area contributed by atoms with Gasteiger partial charge in [0.25, 0.3) is 0 Å². The van der Waals surface area contributed by atoms with Crippen LogP contribution in [0.15, 0.2) is 0 Å². The lowest BCUT2D eigenvalue weighted by atomic mass is 9.64. The molecular weight excluding hydrogens is 292 g/mol. The van der Waals surface area contributed by atoms with Gasteiger partial charge >= 0.3 is 0 Å². The van der Waals surface area contributed by atoms with E-state index in [9.17, 15) is 0 Å². The maximum Gasteiger partial charge on any atom is 0.0212 e. The van der Waals surface area contributed by atoms with Crippen LogP contribution >= 0.6 is 0 Å². The van der Waals surface area contributed by atoms with Crippen molar-refractivity contribution in [1.29, 1.82) is 0 Å². The summed E-state index contributed by atoms with van der Waals surface area (Å²) in [5.41, 5.74) is 2.05. The molecule has 4 rings (SSSR count). The molecule has 0 aromatic heterocycles. The van der Waals surface area contributed by atoms with Crippen LogP contribution in [-0.2, 0) is 0 Å². The Hall–Kier alpha value is -0.0800. The fourth-order valence-corrected chi connectivity index (χ4v) is 7.26. The Morgan fingerprint density at radius 3 is 1.00 bits per heavy atom. The van der Waals surface area contributed by atoms with Gasteiger partial charge in [0.05, 0.1) is 0 Å². The standard InChI is InChI=1S/C12H23N.C9H19N.CH4/c1-8-9-11(4,5)13(10(8,2)3)12(9,6)7;1-7-8(2,3)10(6)9(7,4)5;/h8-9H,1-7H3;7H,1-6H3;1H4. The van der Waals surface area contributed by atoms with Crippen LogP contribution < -0.4 is 0 Å². The number of rotatable bonds is 0. The van der Waals surface area contributed by atoms with Crippen molar-refractivity contribution in [2.45, 2.75) is 118 Å². The van der Waals surface area contributed by atoms with E-state index in [1.165, 1.54) is 0 Å². The van der Waals surface area contributed by atoms with Crippen molar-refractivity contribution in [2.24, 2.45) is 17.8 Å². The summed E-state index contributed by atoms with van der Waals surface area (Å²) >= 11 is 0. The fourth-order valence-electron chi connectivity index (χ4n) is 7.26. The van der Waals surface area contributed by atoms with Crippen LogP contribution in [0.2, 0.25) is 0 Å². The molecule has 4 heterocycles. The van der Waals surface area contributed by atoms with Gasteiger partial charge in [0.2, 0.25) is 0 Å². The van der Waals surface area contributed by atoms with Crippen molar-refractivity contribution in [2.75, 3.05) is 7.05 Å². The van der Waals surface area contributed by atoms with Crippen molar-refractivity contribution in [1.82, 2.24) is 9.80 Å². The smallest absolute Gasteiger partial charge is 0.0212 e. The lowest BCUT2D eigenvalue weighted by Crippen LogP contribution is -2.73. The molecule has 0 spiro atoms. The Morgan fingerprint density at radius 1 is 0.583 bits per heavy atom. The Balaban J connectivity index is 0.000000238. The van der Waals surface area contributed by atoms with Crippen LogP contribution in [0.3, 0.4) is 0 Å². The van der Waals surface area contributed by atoms with Gasteiger partial charge in [-0.05, 0) is 94.0 Å². The van der Waals surface area contributed by atoms with Gasteiger partial charge in [-0.1, -0.05) is 21.3 Å². The second-order valence-electron chi connectivity index (χ2n) is 11.2. The third-order valence-electron chi connectivity index (χ3n) is 8.71. The lowest BCUT2D eigenvalue weighted by molar-refractivity contribution is -0.147. The minimum atomic E-state index is 0. The van der Waals surface area contributed by atoms with Gasteiger partial charge < -0.3 is 0 Å².